The maximum atomic E-state index is 5.74. The molecule has 3 N–H and O–H groups in total. The van der Waals surface area contributed by atoms with Crippen molar-refractivity contribution in [2.45, 2.75) is 25.7 Å². The fraction of sp³-hybridized carbons (Fsp3) is 0.462. The maximum absolute atomic E-state index is 5.74. The first-order chi connectivity index (χ1) is 8.18. The summed E-state index contributed by atoms with van der Waals surface area (Å²) < 4.78 is 0.956. The van der Waals surface area contributed by atoms with Gasteiger partial charge in [0.05, 0.1) is 0 Å². The molecule has 0 aliphatic heterocycles. The highest BCUT2D eigenvalue weighted by molar-refractivity contribution is 9.10. The lowest BCUT2D eigenvalue weighted by atomic mass is 10.1. The quantitative estimate of drug-likeness (QED) is 0.621. The minimum absolute atomic E-state index is 0.433. The summed E-state index contributed by atoms with van der Waals surface area (Å²) in [5, 5.41) is 3.42. The zero-order valence-electron chi connectivity index (χ0n) is 9.71. The van der Waals surface area contributed by atoms with Crippen LogP contribution in [0.5, 0.6) is 0 Å². The van der Waals surface area contributed by atoms with Gasteiger partial charge in [-0.15, -0.1) is 0 Å². The fourth-order valence-electron chi connectivity index (χ4n) is 1.94. The van der Waals surface area contributed by atoms with E-state index in [0.29, 0.717) is 4.99 Å². The predicted molar refractivity (Wildman–Crippen MR) is 80.5 cm³/mol. The zero-order chi connectivity index (χ0) is 12.3. The lowest BCUT2D eigenvalue weighted by Gasteiger charge is -2.12. The Balaban J connectivity index is 1.93. The number of rotatable bonds is 6. The van der Waals surface area contributed by atoms with Gasteiger partial charge >= 0.3 is 0 Å². The van der Waals surface area contributed by atoms with Crippen LogP contribution in [0.15, 0.2) is 22.7 Å². The van der Waals surface area contributed by atoms with Crippen molar-refractivity contribution in [2.24, 2.45) is 11.7 Å². The molecule has 2 rings (SSSR count). The van der Waals surface area contributed by atoms with Gasteiger partial charge in [0.1, 0.15) is 4.99 Å². The Morgan fingerprint density at radius 1 is 1.47 bits per heavy atom. The van der Waals surface area contributed by atoms with Crippen LogP contribution in [-0.4, -0.2) is 11.5 Å². The topological polar surface area (TPSA) is 38.0 Å². The van der Waals surface area contributed by atoms with Gasteiger partial charge in [-0.25, -0.2) is 0 Å². The second kappa shape index (κ2) is 5.83. The van der Waals surface area contributed by atoms with Gasteiger partial charge in [-0.1, -0.05) is 31.1 Å². The van der Waals surface area contributed by atoms with Crippen LogP contribution < -0.4 is 11.1 Å². The molecule has 0 spiro atoms. The summed E-state index contributed by atoms with van der Waals surface area (Å²) in [6.07, 6.45) is 5.40. The average molecular weight is 313 g/mol. The molecule has 0 heterocycles. The van der Waals surface area contributed by atoms with Gasteiger partial charge in [0.15, 0.2) is 0 Å². The summed E-state index contributed by atoms with van der Waals surface area (Å²) in [7, 11) is 0. The molecule has 1 fully saturated rings. The monoisotopic (exact) mass is 312 g/mol. The fourth-order valence-corrected chi connectivity index (χ4v) is 2.87. The molecule has 17 heavy (non-hydrogen) atoms. The molecule has 1 aromatic carbocycles. The van der Waals surface area contributed by atoms with Crippen molar-refractivity contribution < 1.29 is 0 Å². The number of hydrogen-bond acceptors (Lipinski definition) is 2. The Bertz CT molecular complexity index is 416. The van der Waals surface area contributed by atoms with Crippen LogP contribution in [0, 0.1) is 5.92 Å². The van der Waals surface area contributed by atoms with Crippen molar-refractivity contribution >= 4 is 38.8 Å². The number of anilines is 1. The Morgan fingerprint density at radius 3 is 2.88 bits per heavy atom. The van der Waals surface area contributed by atoms with E-state index in [-0.39, 0.29) is 0 Å². The van der Waals surface area contributed by atoms with Crippen molar-refractivity contribution in [1.82, 2.24) is 0 Å². The molecule has 1 saturated carbocycles. The molecule has 0 saturated heterocycles. The van der Waals surface area contributed by atoms with Crippen molar-refractivity contribution in [3.05, 3.63) is 28.2 Å². The van der Waals surface area contributed by atoms with Crippen LogP contribution in [0.2, 0.25) is 0 Å². The first-order valence-electron chi connectivity index (χ1n) is 6.00. The van der Waals surface area contributed by atoms with E-state index in [1.165, 1.54) is 25.7 Å². The van der Waals surface area contributed by atoms with E-state index in [2.05, 4.69) is 21.2 Å². The molecule has 4 heteroatoms. The van der Waals surface area contributed by atoms with Crippen LogP contribution in [0.1, 0.15) is 31.2 Å². The summed E-state index contributed by atoms with van der Waals surface area (Å²) in [4.78, 5) is 0.433. The maximum Gasteiger partial charge on any atom is 0.107 e. The Hall–Kier alpha value is -0.610. The second-order valence-electron chi connectivity index (χ2n) is 4.54. The lowest BCUT2D eigenvalue weighted by molar-refractivity contribution is 0.687. The third kappa shape index (κ3) is 3.68. The molecule has 0 aromatic heterocycles. The summed E-state index contributed by atoms with van der Waals surface area (Å²) in [5.74, 6) is 0.995. The van der Waals surface area contributed by atoms with Gasteiger partial charge in [-0.3, -0.25) is 0 Å². The normalized spacial score (nSPS) is 14.6. The Labute approximate surface area is 116 Å². The predicted octanol–water partition coefficient (Wildman–Crippen LogP) is 3.69. The zero-order valence-corrected chi connectivity index (χ0v) is 12.1. The third-order valence-electron chi connectivity index (χ3n) is 3.06. The molecule has 0 amide bonds. The second-order valence-corrected chi connectivity index (χ2v) is 5.83. The molecule has 0 atom stereocenters. The van der Waals surface area contributed by atoms with Crippen molar-refractivity contribution in [3.8, 4) is 0 Å². The standard InChI is InChI=1S/C13H17BrN2S/c14-10-4-1-5-11(12(10)13(15)17)16-8-2-3-9-6-7-9/h1,4-5,9,16H,2-3,6-8H2,(H2,15,17). The lowest BCUT2D eigenvalue weighted by Crippen LogP contribution is -2.14. The number of hydrogen-bond donors (Lipinski definition) is 2. The minimum atomic E-state index is 0.433. The van der Waals surface area contributed by atoms with E-state index in [4.69, 9.17) is 18.0 Å². The Morgan fingerprint density at radius 2 is 2.24 bits per heavy atom. The molecule has 0 radical (unpaired) electrons. The first kappa shape index (κ1) is 12.8. The number of benzene rings is 1. The number of nitrogens with one attached hydrogen (secondary N) is 1. The van der Waals surface area contributed by atoms with Gasteiger partial charge in [0.2, 0.25) is 0 Å². The number of nitrogens with two attached hydrogens (primary N) is 1. The van der Waals surface area contributed by atoms with Crippen molar-refractivity contribution in [2.75, 3.05) is 11.9 Å². The molecule has 1 aliphatic carbocycles. The van der Waals surface area contributed by atoms with Gasteiger partial charge < -0.3 is 11.1 Å². The summed E-state index contributed by atoms with van der Waals surface area (Å²) in [6.45, 7) is 0.989. The van der Waals surface area contributed by atoms with Crippen molar-refractivity contribution in [3.63, 3.8) is 0 Å². The van der Waals surface area contributed by atoms with E-state index in [0.717, 1.165) is 28.2 Å². The summed E-state index contributed by atoms with van der Waals surface area (Å²) in [5.41, 5.74) is 7.68. The molecular weight excluding hydrogens is 296 g/mol. The smallest absolute Gasteiger partial charge is 0.107 e. The van der Waals surface area contributed by atoms with E-state index >= 15 is 0 Å². The third-order valence-corrected chi connectivity index (χ3v) is 3.93. The summed E-state index contributed by atoms with van der Waals surface area (Å²) >= 11 is 8.56. The van der Waals surface area contributed by atoms with Crippen molar-refractivity contribution in [1.29, 1.82) is 0 Å². The average Bonchev–Trinajstić information content (AvgIpc) is 3.07. The molecule has 0 bridgehead atoms. The SMILES string of the molecule is NC(=S)c1c(Br)cccc1NCCCC1CC1. The molecule has 92 valence electrons. The molecular formula is C13H17BrN2S. The molecule has 0 unspecified atom stereocenters. The van der Waals surface area contributed by atoms with E-state index < -0.39 is 0 Å². The van der Waals surface area contributed by atoms with Gasteiger partial charge in [-0.05, 0) is 46.8 Å². The van der Waals surface area contributed by atoms with Crippen LogP contribution in [0.4, 0.5) is 5.69 Å². The summed E-state index contributed by atoms with van der Waals surface area (Å²) in [6, 6.07) is 5.98. The van der Waals surface area contributed by atoms with Gasteiger partial charge in [-0.2, -0.15) is 0 Å². The molecule has 1 aliphatic rings. The van der Waals surface area contributed by atoms with Gasteiger partial charge in [0.25, 0.3) is 0 Å². The van der Waals surface area contributed by atoms with Crippen LogP contribution in [0.25, 0.3) is 0 Å². The van der Waals surface area contributed by atoms with E-state index in [1.807, 2.05) is 18.2 Å². The molecule has 2 nitrogen and oxygen atoms in total. The van der Waals surface area contributed by atoms with E-state index in [9.17, 15) is 0 Å². The van der Waals surface area contributed by atoms with E-state index in [1.54, 1.807) is 0 Å². The Kier molecular flexibility index (Phi) is 4.40. The number of thiocarbonyl (C=S) groups is 1. The van der Waals surface area contributed by atoms with Crippen LogP contribution in [-0.2, 0) is 0 Å². The molecule has 1 aromatic rings. The minimum Gasteiger partial charge on any atom is -0.389 e. The highest BCUT2D eigenvalue weighted by atomic mass is 79.9. The largest absolute Gasteiger partial charge is 0.389 e. The highest BCUT2D eigenvalue weighted by Gasteiger charge is 2.20. The van der Waals surface area contributed by atoms with Crippen LogP contribution in [0.3, 0.4) is 0 Å². The van der Waals surface area contributed by atoms with Gasteiger partial charge in [0, 0.05) is 22.3 Å². The first-order valence-corrected chi connectivity index (χ1v) is 7.21. The van der Waals surface area contributed by atoms with Crippen LogP contribution >= 0.6 is 28.1 Å². The number of halogens is 1. The highest BCUT2D eigenvalue weighted by Crippen LogP contribution is 2.33.